The summed E-state index contributed by atoms with van der Waals surface area (Å²) in [5.41, 5.74) is 7.02. The Balaban J connectivity index is 2.33. The van der Waals surface area contributed by atoms with Crippen molar-refractivity contribution < 1.29 is 5.11 Å². The Kier molecular flexibility index (Phi) is 5.17. The molecule has 0 spiro atoms. The molecule has 20 heavy (non-hydrogen) atoms. The number of anilines is 2. The van der Waals surface area contributed by atoms with Gasteiger partial charge in [-0.05, 0) is 39.0 Å². The second-order valence-electron chi connectivity index (χ2n) is 5.58. The standard InChI is InChI=1S/C15H26N4O/c1-3-6-13-17-14(16)11(2)15(18-13)19-9-5-4-7-12(19)8-10-20/h12,20H,3-10H2,1-2H3,(H2,16,17,18). The van der Waals surface area contributed by atoms with E-state index in [-0.39, 0.29) is 6.61 Å². The van der Waals surface area contributed by atoms with E-state index in [0.717, 1.165) is 49.4 Å². The molecule has 0 aromatic carbocycles. The molecule has 1 aliphatic heterocycles. The van der Waals surface area contributed by atoms with Crippen molar-refractivity contribution in [2.75, 3.05) is 23.8 Å². The van der Waals surface area contributed by atoms with Crippen LogP contribution in [0.25, 0.3) is 0 Å². The zero-order valence-corrected chi connectivity index (χ0v) is 12.6. The van der Waals surface area contributed by atoms with Gasteiger partial charge in [0.15, 0.2) is 0 Å². The van der Waals surface area contributed by atoms with E-state index in [4.69, 9.17) is 10.7 Å². The average Bonchev–Trinajstić information content (AvgIpc) is 2.44. The molecule has 1 unspecified atom stereocenters. The first-order valence-electron chi connectivity index (χ1n) is 7.67. The Morgan fingerprint density at radius 3 is 2.85 bits per heavy atom. The van der Waals surface area contributed by atoms with Crippen molar-refractivity contribution in [2.24, 2.45) is 0 Å². The van der Waals surface area contributed by atoms with Crippen LogP contribution in [0.3, 0.4) is 0 Å². The van der Waals surface area contributed by atoms with Crippen molar-refractivity contribution >= 4 is 11.6 Å². The van der Waals surface area contributed by atoms with Crippen molar-refractivity contribution in [3.63, 3.8) is 0 Å². The second kappa shape index (κ2) is 6.88. The predicted molar refractivity (Wildman–Crippen MR) is 81.9 cm³/mol. The zero-order valence-electron chi connectivity index (χ0n) is 12.6. The van der Waals surface area contributed by atoms with E-state index >= 15 is 0 Å². The molecule has 0 amide bonds. The Bertz CT molecular complexity index is 448. The van der Waals surface area contributed by atoms with Crippen molar-refractivity contribution in [2.45, 2.75) is 58.4 Å². The van der Waals surface area contributed by atoms with E-state index in [0.29, 0.717) is 11.9 Å². The van der Waals surface area contributed by atoms with Gasteiger partial charge in [0, 0.05) is 31.2 Å². The van der Waals surface area contributed by atoms with Crippen LogP contribution >= 0.6 is 0 Å². The Labute approximate surface area is 121 Å². The van der Waals surface area contributed by atoms with Gasteiger partial charge in [-0.25, -0.2) is 9.97 Å². The fourth-order valence-electron chi connectivity index (χ4n) is 2.91. The zero-order chi connectivity index (χ0) is 14.5. The summed E-state index contributed by atoms with van der Waals surface area (Å²) in [7, 11) is 0. The van der Waals surface area contributed by atoms with Gasteiger partial charge in [-0.2, -0.15) is 0 Å². The molecule has 112 valence electrons. The first-order valence-corrected chi connectivity index (χ1v) is 7.67. The van der Waals surface area contributed by atoms with E-state index in [1.807, 2.05) is 6.92 Å². The van der Waals surface area contributed by atoms with Crippen LogP contribution in [0.1, 0.15) is 50.4 Å². The molecule has 5 nitrogen and oxygen atoms in total. The van der Waals surface area contributed by atoms with Gasteiger partial charge in [-0.15, -0.1) is 0 Å². The maximum absolute atomic E-state index is 9.26. The molecule has 1 aromatic rings. The van der Waals surface area contributed by atoms with Gasteiger partial charge in [-0.3, -0.25) is 0 Å². The first kappa shape index (κ1) is 15.0. The molecule has 1 aromatic heterocycles. The molecule has 3 N–H and O–H groups in total. The minimum absolute atomic E-state index is 0.225. The number of aliphatic hydroxyl groups is 1. The number of aliphatic hydroxyl groups excluding tert-OH is 1. The van der Waals surface area contributed by atoms with Gasteiger partial charge < -0.3 is 15.7 Å². The lowest BCUT2D eigenvalue weighted by Gasteiger charge is -2.37. The maximum Gasteiger partial charge on any atom is 0.137 e. The van der Waals surface area contributed by atoms with Crippen LogP contribution in [0.4, 0.5) is 11.6 Å². The van der Waals surface area contributed by atoms with Gasteiger partial charge >= 0.3 is 0 Å². The van der Waals surface area contributed by atoms with E-state index in [9.17, 15) is 5.11 Å². The van der Waals surface area contributed by atoms with Crippen LogP contribution in [0.15, 0.2) is 0 Å². The highest BCUT2D eigenvalue weighted by Crippen LogP contribution is 2.29. The highest BCUT2D eigenvalue weighted by atomic mass is 16.3. The number of hydrogen-bond acceptors (Lipinski definition) is 5. The molecule has 0 bridgehead atoms. The Hall–Kier alpha value is -1.36. The van der Waals surface area contributed by atoms with E-state index in [2.05, 4.69) is 16.8 Å². The van der Waals surface area contributed by atoms with Crippen molar-refractivity contribution in [1.82, 2.24) is 9.97 Å². The third kappa shape index (κ3) is 3.20. The summed E-state index contributed by atoms with van der Waals surface area (Å²) in [5, 5.41) is 9.26. The van der Waals surface area contributed by atoms with E-state index < -0.39 is 0 Å². The number of piperidine rings is 1. The third-order valence-electron chi connectivity index (χ3n) is 4.04. The summed E-state index contributed by atoms with van der Waals surface area (Å²) < 4.78 is 0. The molecule has 0 aliphatic carbocycles. The fourth-order valence-corrected chi connectivity index (χ4v) is 2.91. The minimum Gasteiger partial charge on any atom is -0.396 e. The van der Waals surface area contributed by atoms with Crippen molar-refractivity contribution in [3.05, 3.63) is 11.4 Å². The highest BCUT2D eigenvalue weighted by molar-refractivity contribution is 5.57. The SMILES string of the molecule is CCCc1nc(N)c(C)c(N2CCCCC2CCO)n1. The van der Waals surface area contributed by atoms with Crippen LogP contribution in [0.5, 0.6) is 0 Å². The largest absolute Gasteiger partial charge is 0.396 e. The Morgan fingerprint density at radius 1 is 1.35 bits per heavy atom. The molecule has 2 heterocycles. The monoisotopic (exact) mass is 278 g/mol. The van der Waals surface area contributed by atoms with Gasteiger partial charge in [-0.1, -0.05) is 6.92 Å². The average molecular weight is 278 g/mol. The van der Waals surface area contributed by atoms with Crippen LogP contribution in [-0.4, -0.2) is 34.3 Å². The maximum atomic E-state index is 9.26. The van der Waals surface area contributed by atoms with Gasteiger partial charge in [0.1, 0.15) is 17.5 Å². The molecule has 1 saturated heterocycles. The highest BCUT2D eigenvalue weighted by Gasteiger charge is 2.25. The number of aromatic nitrogens is 2. The summed E-state index contributed by atoms with van der Waals surface area (Å²) in [6.07, 6.45) is 6.19. The topological polar surface area (TPSA) is 75.3 Å². The first-order chi connectivity index (χ1) is 9.67. The lowest BCUT2D eigenvalue weighted by molar-refractivity contribution is 0.262. The van der Waals surface area contributed by atoms with E-state index in [1.165, 1.54) is 12.8 Å². The number of hydrogen-bond donors (Lipinski definition) is 2. The number of nitrogen functional groups attached to an aromatic ring is 1. The van der Waals surface area contributed by atoms with Gasteiger partial charge in [0.05, 0.1) is 0 Å². The number of aryl methyl sites for hydroxylation is 1. The van der Waals surface area contributed by atoms with Gasteiger partial charge in [0.2, 0.25) is 0 Å². The third-order valence-corrected chi connectivity index (χ3v) is 4.04. The number of nitrogens with two attached hydrogens (primary N) is 1. The molecule has 0 radical (unpaired) electrons. The number of nitrogens with zero attached hydrogens (tertiary/aromatic N) is 3. The summed E-state index contributed by atoms with van der Waals surface area (Å²) >= 11 is 0. The van der Waals surface area contributed by atoms with Gasteiger partial charge in [0.25, 0.3) is 0 Å². The molecule has 0 saturated carbocycles. The van der Waals surface area contributed by atoms with Crippen molar-refractivity contribution in [1.29, 1.82) is 0 Å². The Morgan fingerprint density at radius 2 is 2.15 bits per heavy atom. The molecule has 2 rings (SSSR count). The second-order valence-corrected chi connectivity index (χ2v) is 5.58. The summed E-state index contributed by atoms with van der Waals surface area (Å²) in [5.74, 6) is 2.39. The lowest BCUT2D eigenvalue weighted by atomic mass is 9.99. The molecule has 1 aliphatic rings. The fraction of sp³-hybridized carbons (Fsp3) is 0.733. The molecular formula is C15H26N4O. The summed E-state index contributed by atoms with van der Waals surface area (Å²) in [6, 6.07) is 0.372. The predicted octanol–water partition coefficient (Wildman–Crippen LogP) is 2.06. The number of rotatable bonds is 5. The lowest BCUT2D eigenvalue weighted by Crippen LogP contribution is -2.41. The van der Waals surface area contributed by atoms with Crippen LogP contribution in [-0.2, 0) is 6.42 Å². The van der Waals surface area contributed by atoms with Crippen LogP contribution in [0, 0.1) is 6.92 Å². The van der Waals surface area contributed by atoms with Crippen LogP contribution < -0.4 is 10.6 Å². The molecule has 1 fully saturated rings. The van der Waals surface area contributed by atoms with Crippen molar-refractivity contribution in [3.8, 4) is 0 Å². The molecular weight excluding hydrogens is 252 g/mol. The molecule has 5 heteroatoms. The normalized spacial score (nSPS) is 19.4. The van der Waals surface area contributed by atoms with E-state index in [1.54, 1.807) is 0 Å². The summed E-state index contributed by atoms with van der Waals surface area (Å²) in [4.78, 5) is 11.4. The summed E-state index contributed by atoms with van der Waals surface area (Å²) in [6.45, 7) is 5.33. The molecule has 1 atom stereocenters. The minimum atomic E-state index is 0.225. The smallest absolute Gasteiger partial charge is 0.137 e. The van der Waals surface area contributed by atoms with Crippen LogP contribution in [0.2, 0.25) is 0 Å². The quantitative estimate of drug-likeness (QED) is 0.862.